The molecule has 12 heavy (non-hydrogen) atoms. The lowest BCUT2D eigenvalue weighted by molar-refractivity contribution is -0.498. The Morgan fingerprint density at radius 2 is 2.25 bits per heavy atom. The molecule has 0 fully saturated rings. The Morgan fingerprint density at radius 3 is 3.00 bits per heavy atom. The van der Waals surface area contributed by atoms with Crippen LogP contribution in [0.3, 0.4) is 0 Å². The van der Waals surface area contributed by atoms with Crippen molar-refractivity contribution in [3.63, 3.8) is 0 Å². The van der Waals surface area contributed by atoms with Gasteiger partial charge in [0.15, 0.2) is 5.71 Å². The van der Waals surface area contributed by atoms with Crippen molar-refractivity contribution in [3.8, 4) is 0 Å². The molecular formula is C9H12INS. The Labute approximate surface area is 94.1 Å². The lowest BCUT2D eigenvalue weighted by Gasteiger charge is -2.08. The first-order chi connectivity index (χ1) is 5.29. The summed E-state index contributed by atoms with van der Waals surface area (Å²) in [5.41, 5.74) is 2.96. The van der Waals surface area contributed by atoms with Crippen molar-refractivity contribution in [2.45, 2.75) is 13.3 Å². The first-order valence-electron chi connectivity index (χ1n) is 3.90. The van der Waals surface area contributed by atoms with E-state index in [2.05, 4.69) is 30.0 Å². The Balaban J connectivity index is 0.000000720. The molecule has 2 rings (SSSR count). The molecule has 0 atom stereocenters. The van der Waals surface area contributed by atoms with Crippen LogP contribution in [0.15, 0.2) is 11.4 Å². The average molecular weight is 293 g/mol. The zero-order valence-electron chi connectivity index (χ0n) is 7.30. The molecular weight excluding hydrogens is 281 g/mol. The molecule has 0 radical (unpaired) electrons. The van der Waals surface area contributed by atoms with Crippen LogP contribution in [0.5, 0.6) is 0 Å². The third-order valence-corrected chi connectivity index (χ3v) is 3.43. The number of hydrogen-bond acceptors (Lipinski definition) is 1. The molecule has 0 unspecified atom stereocenters. The minimum atomic E-state index is 0. The summed E-state index contributed by atoms with van der Waals surface area (Å²) in [6.45, 7) is 3.38. The monoisotopic (exact) mass is 293 g/mol. The van der Waals surface area contributed by atoms with E-state index in [0.29, 0.717) is 0 Å². The Kier molecular flexibility index (Phi) is 3.29. The van der Waals surface area contributed by atoms with E-state index in [9.17, 15) is 0 Å². The van der Waals surface area contributed by atoms with Gasteiger partial charge in [-0.1, -0.05) is 0 Å². The van der Waals surface area contributed by atoms with E-state index in [-0.39, 0.29) is 24.0 Å². The van der Waals surface area contributed by atoms with Crippen molar-refractivity contribution in [1.82, 2.24) is 0 Å². The first-order valence-corrected chi connectivity index (χ1v) is 4.78. The second kappa shape index (κ2) is 3.87. The molecule has 1 aliphatic rings. The summed E-state index contributed by atoms with van der Waals surface area (Å²) in [4.78, 5) is 1.48. The summed E-state index contributed by atoms with van der Waals surface area (Å²) in [5.74, 6) is 0. The van der Waals surface area contributed by atoms with Gasteiger partial charge in [-0.15, -0.1) is 11.3 Å². The van der Waals surface area contributed by atoms with E-state index in [1.54, 1.807) is 0 Å². The second-order valence-electron chi connectivity index (χ2n) is 3.03. The SMILES string of the molecule is CC1=[N+](C)CCc2ccsc21.[I-]. The van der Waals surface area contributed by atoms with Gasteiger partial charge in [0.1, 0.15) is 13.6 Å². The van der Waals surface area contributed by atoms with Crippen molar-refractivity contribution in [2.75, 3.05) is 13.6 Å². The summed E-state index contributed by atoms with van der Waals surface area (Å²) >= 11 is 1.86. The first kappa shape index (κ1) is 10.2. The van der Waals surface area contributed by atoms with Gasteiger partial charge in [0.2, 0.25) is 0 Å². The van der Waals surface area contributed by atoms with Gasteiger partial charge < -0.3 is 24.0 Å². The quantitative estimate of drug-likeness (QED) is 0.416. The minimum Gasteiger partial charge on any atom is -1.00 e. The molecule has 0 bridgehead atoms. The van der Waals surface area contributed by atoms with E-state index in [4.69, 9.17) is 0 Å². The van der Waals surface area contributed by atoms with Crippen LogP contribution in [0.1, 0.15) is 17.4 Å². The van der Waals surface area contributed by atoms with E-state index in [1.807, 2.05) is 11.3 Å². The van der Waals surface area contributed by atoms with Crippen molar-refractivity contribution >= 4 is 17.0 Å². The molecule has 0 amide bonds. The molecule has 1 aromatic heterocycles. The molecule has 66 valence electrons. The summed E-state index contributed by atoms with van der Waals surface area (Å²) in [6, 6.07) is 2.25. The predicted octanol–water partition coefficient (Wildman–Crippen LogP) is -1.24. The van der Waals surface area contributed by atoms with Gasteiger partial charge in [-0.25, -0.2) is 4.58 Å². The number of nitrogens with zero attached hydrogens (tertiary/aromatic N) is 1. The van der Waals surface area contributed by atoms with Crippen LogP contribution < -0.4 is 24.0 Å². The van der Waals surface area contributed by atoms with Gasteiger partial charge in [0.05, 0.1) is 4.88 Å². The molecule has 0 saturated heterocycles. The number of halogens is 1. The molecule has 0 spiro atoms. The fraction of sp³-hybridized carbons (Fsp3) is 0.444. The maximum atomic E-state index is 2.33. The maximum absolute atomic E-state index is 2.33. The molecule has 0 saturated carbocycles. The highest BCUT2D eigenvalue weighted by Gasteiger charge is 2.19. The number of hydrogen-bond donors (Lipinski definition) is 0. The third-order valence-electron chi connectivity index (χ3n) is 2.36. The van der Waals surface area contributed by atoms with Crippen LogP contribution in [-0.4, -0.2) is 23.9 Å². The summed E-state index contributed by atoms with van der Waals surface area (Å²) in [5, 5.41) is 2.19. The average Bonchev–Trinajstić information content (AvgIpc) is 2.45. The molecule has 1 aromatic rings. The largest absolute Gasteiger partial charge is 1.00 e. The summed E-state index contributed by atoms with van der Waals surface area (Å²) in [7, 11) is 2.16. The van der Waals surface area contributed by atoms with Gasteiger partial charge in [0.25, 0.3) is 0 Å². The van der Waals surface area contributed by atoms with Crippen LogP contribution in [0.4, 0.5) is 0 Å². The zero-order valence-corrected chi connectivity index (χ0v) is 10.3. The fourth-order valence-electron chi connectivity index (χ4n) is 1.48. The van der Waals surface area contributed by atoms with Crippen LogP contribution in [-0.2, 0) is 6.42 Å². The van der Waals surface area contributed by atoms with Crippen LogP contribution in [0.25, 0.3) is 0 Å². The Hall–Kier alpha value is 0.1000. The van der Waals surface area contributed by atoms with Crippen LogP contribution in [0.2, 0.25) is 0 Å². The van der Waals surface area contributed by atoms with E-state index >= 15 is 0 Å². The second-order valence-corrected chi connectivity index (χ2v) is 3.95. The molecule has 0 aliphatic carbocycles. The number of likely N-dealkylation sites (N-methyl/N-ethyl adjacent to an activating group) is 1. The molecule has 1 aliphatic heterocycles. The molecule has 2 heterocycles. The fourth-order valence-corrected chi connectivity index (χ4v) is 2.50. The van der Waals surface area contributed by atoms with Crippen LogP contribution >= 0.6 is 11.3 Å². The summed E-state index contributed by atoms with van der Waals surface area (Å²) < 4.78 is 2.33. The Bertz CT molecular complexity index is 314. The zero-order chi connectivity index (χ0) is 7.84. The van der Waals surface area contributed by atoms with Gasteiger partial charge in [-0.05, 0) is 17.0 Å². The normalized spacial score (nSPS) is 15.5. The van der Waals surface area contributed by atoms with E-state index in [0.717, 1.165) is 0 Å². The summed E-state index contributed by atoms with van der Waals surface area (Å²) in [6.07, 6.45) is 1.21. The highest BCUT2D eigenvalue weighted by atomic mass is 127. The van der Waals surface area contributed by atoms with E-state index in [1.165, 1.54) is 29.1 Å². The molecule has 0 N–H and O–H groups in total. The molecule has 1 nitrogen and oxygen atoms in total. The standard InChI is InChI=1S/C9H12NS.HI/c1-7-9-8(4-6-11-9)3-5-10(7)2;/h4,6H,3,5H2,1-2H3;1H/q+1;/p-1. The smallest absolute Gasteiger partial charge is 0.190 e. The van der Waals surface area contributed by atoms with Gasteiger partial charge in [-0.2, -0.15) is 0 Å². The van der Waals surface area contributed by atoms with Gasteiger partial charge in [-0.3, -0.25) is 0 Å². The lowest BCUT2D eigenvalue weighted by atomic mass is 10.1. The Morgan fingerprint density at radius 1 is 1.50 bits per heavy atom. The van der Waals surface area contributed by atoms with Gasteiger partial charge >= 0.3 is 0 Å². The maximum Gasteiger partial charge on any atom is 0.190 e. The van der Waals surface area contributed by atoms with E-state index < -0.39 is 0 Å². The predicted molar refractivity (Wildman–Crippen MR) is 48.9 cm³/mol. The van der Waals surface area contributed by atoms with Gasteiger partial charge in [0, 0.05) is 13.3 Å². The van der Waals surface area contributed by atoms with Crippen molar-refractivity contribution in [1.29, 1.82) is 0 Å². The van der Waals surface area contributed by atoms with Crippen molar-refractivity contribution < 1.29 is 28.6 Å². The number of thiophene rings is 1. The third kappa shape index (κ3) is 1.57. The van der Waals surface area contributed by atoms with Crippen molar-refractivity contribution in [3.05, 3.63) is 21.9 Å². The highest BCUT2D eigenvalue weighted by molar-refractivity contribution is 7.12. The number of rotatable bonds is 0. The molecule has 3 heteroatoms. The molecule has 0 aromatic carbocycles. The number of fused-ring (bicyclic) bond motifs is 1. The van der Waals surface area contributed by atoms with Crippen molar-refractivity contribution in [2.24, 2.45) is 0 Å². The minimum absolute atomic E-state index is 0. The topological polar surface area (TPSA) is 3.01 Å². The van der Waals surface area contributed by atoms with Crippen LogP contribution in [0, 0.1) is 0 Å². The highest BCUT2D eigenvalue weighted by Crippen LogP contribution is 2.20. The lowest BCUT2D eigenvalue weighted by Crippen LogP contribution is -3.00.